The number of hydrogen-bond acceptors (Lipinski definition) is 4. The fourth-order valence-corrected chi connectivity index (χ4v) is 1.42. The molecule has 0 atom stereocenters. The van der Waals surface area contributed by atoms with E-state index in [0.717, 1.165) is 0 Å². The van der Waals surface area contributed by atoms with Crippen molar-refractivity contribution in [2.45, 2.75) is 0 Å². The first-order valence-corrected chi connectivity index (χ1v) is 4.41. The van der Waals surface area contributed by atoms with Crippen LogP contribution >= 0.6 is 0 Å². The van der Waals surface area contributed by atoms with Crippen LogP contribution in [0, 0.1) is 21.4 Å². The van der Waals surface area contributed by atoms with Crippen molar-refractivity contribution in [3.8, 4) is 17.3 Å². The molecule has 2 aromatic rings. The van der Waals surface area contributed by atoms with Crippen molar-refractivity contribution >= 4 is 5.69 Å². The Morgan fingerprint density at radius 3 is 2.88 bits per heavy atom. The minimum absolute atomic E-state index is 0.0525. The second-order valence-corrected chi connectivity index (χ2v) is 3.04. The van der Waals surface area contributed by atoms with Crippen LogP contribution in [0.4, 0.5) is 5.69 Å². The molecule has 0 saturated carbocycles. The Kier molecular flexibility index (Phi) is 2.36. The van der Waals surface area contributed by atoms with Gasteiger partial charge in [-0.1, -0.05) is 12.1 Å². The molecular formula is C10H6N4O2. The van der Waals surface area contributed by atoms with Gasteiger partial charge in [-0.2, -0.15) is 10.4 Å². The number of nitro benzene ring substituents is 1. The Labute approximate surface area is 90.3 Å². The summed E-state index contributed by atoms with van der Waals surface area (Å²) in [4.78, 5) is 10.3. The number of aromatic nitrogens is 2. The van der Waals surface area contributed by atoms with Crippen molar-refractivity contribution in [3.63, 3.8) is 0 Å². The van der Waals surface area contributed by atoms with Crippen molar-refractivity contribution in [2.24, 2.45) is 0 Å². The molecule has 0 bridgehead atoms. The van der Waals surface area contributed by atoms with Gasteiger partial charge in [0.15, 0.2) is 0 Å². The molecular weight excluding hydrogens is 208 g/mol. The SMILES string of the molecule is N#Cc1cn[nH]c1-c1ccccc1[N+](=O)[O-]. The molecule has 78 valence electrons. The maximum Gasteiger partial charge on any atom is 0.278 e. The maximum absolute atomic E-state index is 10.8. The minimum Gasteiger partial charge on any atom is -0.276 e. The van der Waals surface area contributed by atoms with Gasteiger partial charge in [0, 0.05) is 6.07 Å². The number of hydrogen-bond donors (Lipinski definition) is 1. The predicted octanol–water partition coefficient (Wildman–Crippen LogP) is 1.86. The molecule has 0 amide bonds. The summed E-state index contributed by atoms with van der Waals surface area (Å²) in [5, 5.41) is 25.9. The maximum atomic E-state index is 10.8. The summed E-state index contributed by atoms with van der Waals surface area (Å²) < 4.78 is 0. The van der Waals surface area contributed by atoms with E-state index in [1.54, 1.807) is 18.2 Å². The predicted molar refractivity (Wildman–Crippen MR) is 55.4 cm³/mol. The van der Waals surface area contributed by atoms with E-state index >= 15 is 0 Å². The van der Waals surface area contributed by atoms with Crippen LogP contribution in [0.1, 0.15) is 5.56 Å². The molecule has 1 aromatic carbocycles. The van der Waals surface area contributed by atoms with Gasteiger partial charge in [-0.25, -0.2) is 0 Å². The average molecular weight is 214 g/mol. The Hall–Kier alpha value is -2.68. The van der Waals surface area contributed by atoms with E-state index in [2.05, 4.69) is 10.2 Å². The van der Waals surface area contributed by atoms with Crippen LogP contribution in [-0.2, 0) is 0 Å². The fraction of sp³-hybridized carbons (Fsp3) is 0. The van der Waals surface area contributed by atoms with E-state index in [4.69, 9.17) is 5.26 Å². The third-order valence-corrected chi connectivity index (χ3v) is 2.13. The zero-order valence-corrected chi connectivity index (χ0v) is 8.04. The molecule has 0 aliphatic carbocycles. The lowest BCUT2D eigenvalue weighted by Crippen LogP contribution is -1.92. The molecule has 16 heavy (non-hydrogen) atoms. The quantitative estimate of drug-likeness (QED) is 0.609. The van der Waals surface area contributed by atoms with Crippen LogP contribution in [0.3, 0.4) is 0 Å². The molecule has 0 radical (unpaired) electrons. The highest BCUT2D eigenvalue weighted by molar-refractivity contribution is 5.74. The minimum atomic E-state index is -0.489. The van der Waals surface area contributed by atoms with Gasteiger partial charge >= 0.3 is 0 Å². The van der Waals surface area contributed by atoms with Crippen LogP contribution < -0.4 is 0 Å². The zero-order valence-electron chi connectivity index (χ0n) is 8.04. The van der Waals surface area contributed by atoms with Crippen LogP contribution in [-0.4, -0.2) is 15.1 Å². The van der Waals surface area contributed by atoms with Crippen LogP contribution in [0.2, 0.25) is 0 Å². The van der Waals surface area contributed by atoms with E-state index in [9.17, 15) is 10.1 Å². The first-order valence-electron chi connectivity index (χ1n) is 4.41. The summed E-state index contributed by atoms with van der Waals surface area (Å²) in [6, 6.07) is 8.13. The average Bonchev–Trinajstić information content (AvgIpc) is 2.76. The molecule has 0 unspecified atom stereocenters. The van der Waals surface area contributed by atoms with Crippen molar-refractivity contribution < 1.29 is 4.92 Å². The fourth-order valence-electron chi connectivity index (χ4n) is 1.42. The number of para-hydroxylation sites is 1. The molecule has 0 spiro atoms. The second kappa shape index (κ2) is 3.82. The summed E-state index contributed by atoms with van der Waals surface area (Å²) in [5.41, 5.74) is 0.967. The molecule has 1 heterocycles. The van der Waals surface area contributed by atoms with Gasteiger partial charge < -0.3 is 0 Å². The third-order valence-electron chi connectivity index (χ3n) is 2.13. The molecule has 1 aromatic heterocycles. The summed E-state index contributed by atoms with van der Waals surface area (Å²) >= 11 is 0. The van der Waals surface area contributed by atoms with Crippen molar-refractivity contribution in [3.05, 3.63) is 46.1 Å². The summed E-state index contributed by atoms with van der Waals surface area (Å²) in [6.45, 7) is 0. The molecule has 6 heteroatoms. The summed E-state index contributed by atoms with van der Waals surface area (Å²) in [6.07, 6.45) is 1.34. The third kappa shape index (κ3) is 1.50. The summed E-state index contributed by atoms with van der Waals surface area (Å²) in [5.74, 6) is 0. The highest BCUT2D eigenvalue weighted by atomic mass is 16.6. The number of aromatic amines is 1. The van der Waals surface area contributed by atoms with Crippen LogP contribution in [0.5, 0.6) is 0 Å². The Morgan fingerprint density at radius 2 is 2.19 bits per heavy atom. The van der Waals surface area contributed by atoms with E-state index in [1.807, 2.05) is 6.07 Å². The topological polar surface area (TPSA) is 95.6 Å². The smallest absolute Gasteiger partial charge is 0.276 e. The number of nitrogens with one attached hydrogen (secondary N) is 1. The molecule has 2 rings (SSSR count). The lowest BCUT2D eigenvalue weighted by molar-refractivity contribution is -0.384. The Morgan fingerprint density at radius 1 is 1.44 bits per heavy atom. The largest absolute Gasteiger partial charge is 0.278 e. The molecule has 0 fully saturated rings. The molecule has 0 aliphatic heterocycles. The van der Waals surface area contributed by atoms with Gasteiger partial charge in [-0.3, -0.25) is 15.2 Å². The standard InChI is InChI=1S/C10H6N4O2/c11-5-7-6-12-13-10(7)8-3-1-2-4-9(8)14(15)16/h1-4,6H,(H,12,13). The number of nitriles is 1. The van der Waals surface area contributed by atoms with Crippen LogP contribution in [0.15, 0.2) is 30.5 Å². The lowest BCUT2D eigenvalue weighted by atomic mass is 10.1. The van der Waals surface area contributed by atoms with E-state index in [1.165, 1.54) is 12.3 Å². The van der Waals surface area contributed by atoms with Gasteiger partial charge in [0.2, 0.25) is 0 Å². The highest BCUT2D eigenvalue weighted by Crippen LogP contribution is 2.29. The Balaban J connectivity index is 2.66. The van der Waals surface area contributed by atoms with Gasteiger partial charge in [0.05, 0.1) is 27.9 Å². The zero-order chi connectivity index (χ0) is 11.5. The highest BCUT2D eigenvalue weighted by Gasteiger charge is 2.18. The lowest BCUT2D eigenvalue weighted by Gasteiger charge is -1.99. The monoisotopic (exact) mass is 214 g/mol. The molecule has 1 N–H and O–H groups in total. The molecule has 0 saturated heterocycles. The Bertz CT molecular complexity index is 583. The first-order chi connectivity index (χ1) is 7.74. The molecule has 0 aliphatic rings. The molecule has 6 nitrogen and oxygen atoms in total. The van der Waals surface area contributed by atoms with Crippen LogP contribution in [0.25, 0.3) is 11.3 Å². The number of benzene rings is 1. The van der Waals surface area contributed by atoms with E-state index in [-0.39, 0.29) is 11.3 Å². The van der Waals surface area contributed by atoms with Gasteiger partial charge in [0.25, 0.3) is 5.69 Å². The number of H-pyrrole nitrogens is 1. The van der Waals surface area contributed by atoms with Crippen molar-refractivity contribution in [1.82, 2.24) is 10.2 Å². The number of rotatable bonds is 2. The second-order valence-electron chi connectivity index (χ2n) is 3.04. The summed E-state index contributed by atoms with van der Waals surface area (Å²) in [7, 11) is 0. The number of nitro groups is 1. The van der Waals surface area contributed by atoms with Crippen molar-refractivity contribution in [1.29, 1.82) is 5.26 Å². The normalized spacial score (nSPS) is 9.69. The van der Waals surface area contributed by atoms with E-state index in [0.29, 0.717) is 11.3 Å². The van der Waals surface area contributed by atoms with E-state index < -0.39 is 4.92 Å². The number of nitrogens with zero attached hydrogens (tertiary/aromatic N) is 3. The first kappa shape index (κ1) is 9.86. The van der Waals surface area contributed by atoms with Gasteiger partial charge in [-0.05, 0) is 6.07 Å². The van der Waals surface area contributed by atoms with Crippen molar-refractivity contribution in [2.75, 3.05) is 0 Å². The van der Waals surface area contributed by atoms with Gasteiger partial charge in [-0.15, -0.1) is 0 Å². The van der Waals surface area contributed by atoms with Gasteiger partial charge in [0.1, 0.15) is 6.07 Å².